The number of hydrogen-bond donors (Lipinski definition) is 1. The van der Waals surface area contributed by atoms with Crippen molar-refractivity contribution in [3.63, 3.8) is 0 Å². The van der Waals surface area contributed by atoms with Gasteiger partial charge in [-0.3, -0.25) is 4.84 Å². The molecule has 6 heteroatoms. The summed E-state index contributed by atoms with van der Waals surface area (Å²) in [4.78, 5) is 11.3. The van der Waals surface area contributed by atoms with Gasteiger partial charge in [-0.2, -0.15) is 4.98 Å². The van der Waals surface area contributed by atoms with Crippen LogP contribution in [0.15, 0.2) is 4.52 Å². The summed E-state index contributed by atoms with van der Waals surface area (Å²) >= 11 is 0. The van der Waals surface area contributed by atoms with Crippen molar-refractivity contribution in [2.24, 2.45) is 5.90 Å². The molecule has 0 amide bonds. The zero-order valence-corrected chi connectivity index (χ0v) is 10.0. The van der Waals surface area contributed by atoms with Gasteiger partial charge in [0.25, 0.3) is 5.89 Å². The molecule has 2 aliphatic rings. The lowest BCUT2D eigenvalue weighted by molar-refractivity contribution is 0.0995. The van der Waals surface area contributed by atoms with Crippen molar-refractivity contribution in [1.82, 2.24) is 15.0 Å². The standard InChI is InChI=1S/C11H18N4O2/c1-15-8-2-3-9(15)5-7(4-8)11-13-10(6-16-12)17-14-11/h7-9H,2-6,12H2,1H3. The maximum Gasteiger partial charge on any atom is 0.254 e. The molecular weight excluding hydrogens is 220 g/mol. The van der Waals surface area contributed by atoms with Crippen LogP contribution >= 0.6 is 0 Å². The first-order valence-electron chi connectivity index (χ1n) is 6.14. The van der Waals surface area contributed by atoms with E-state index in [4.69, 9.17) is 10.4 Å². The highest BCUT2D eigenvalue weighted by Crippen LogP contribution is 2.41. The summed E-state index contributed by atoms with van der Waals surface area (Å²) in [7, 11) is 2.22. The van der Waals surface area contributed by atoms with Crippen molar-refractivity contribution in [1.29, 1.82) is 0 Å². The third-order valence-electron chi connectivity index (χ3n) is 4.15. The maximum atomic E-state index is 5.10. The molecule has 94 valence electrons. The van der Waals surface area contributed by atoms with E-state index in [1.807, 2.05) is 0 Å². The molecule has 0 aliphatic carbocycles. The van der Waals surface area contributed by atoms with E-state index in [0.717, 1.165) is 18.7 Å². The van der Waals surface area contributed by atoms with Crippen LogP contribution in [0.2, 0.25) is 0 Å². The third-order valence-corrected chi connectivity index (χ3v) is 4.15. The van der Waals surface area contributed by atoms with Gasteiger partial charge in [0.2, 0.25) is 0 Å². The van der Waals surface area contributed by atoms with Crippen molar-refractivity contribution in [3.05, 3.63) is 11.7 Å². The van der Waals surface area contributed by atoms with Gasteiger partial charge in [0.05, 0.1) is 0 Å². The number of hydrogen-bond acceptors (Lipinski definition) is 6. The quantitative estimate of drug-likeness (QED) is 0.785. The molecule has 17 heavy (non-hydrogen) atoms. The highest BCUT2D eigenvalue weighted by Gasteiger charge is 2.40. The first-order valence-corrected chi connectivity index (χ1v) is 6.14. The minimum Gasteiger partial charge on any atom is -0.337 e. The summed E-state index contributed by atoms with van der Waals surface area (Å²) in [6.07, 6.45) is 4.87. The van der Waals surface area contributed by atoms with E-state index in [9.17, 15) is 0 Å². The Bertz CT molecular complexity index is 381. The van der Waals surface area contributed by atoms with Gasteiger partial charge < -0.3 is 9.42 Å². The van der Waals surface area contributed by atoms with Gasteiger partial charge in [-0.25, -0.2) is 5.90 Å². The smallest absolute Gasteiger partial charge is 0.254 e. The van der Waals surface area contributed by atoms with Gasteiger partial charge in [0, 0.05) is 18.0 Å². The largest absolute Gasteiger partial charge is 0.337 e. The van der Waals surface area contributed by atoms with E-state index >= 15 is 0 Å². The van der Waals surface area contributed by atoms with Crippen LogP contribution in [0.5, 0.6) is 0 Å². The molecule has 2 fully saturated rings. The second-order valence-corrected chi connectivity index (χ2v) is 5.08. The van der Waals surface area contributed by atoms with Crippen LogP contribution in [0.4, 0.5) is 0 Å². The molecular formula is C11H18N4O2. The fraction of sp³-hybridized carbons (Fsp3) is 0.818. The lowest BCUT2D eigenvalue weighted by atomic mass is 9.90. The number of nitrogens with zero attached hydrogens (tertiary/aromatic N) is 3. The van der Waals surface area contributed by atoms with Gasteiger partial charge >= 0.3 is 0 Å². The molecule has 6 nitrogen and oxygen atoms in total. The zero-order valence-electron chi connectivity index (χ0n) is 10.0. The topological polar surface area (TPSA) is 77.4 Å². The van der Waals surface area contributed by atoms with Crippen LogP contribution in [0.1, 0.15) is 43.3 Å². The Hall–Kier alpha value is -0.980. The van der Waals surface area contributed by atoms with Crippen molar-refractivity contribution in [2.75, 3.05) is 7.05 Å². The molecule has 2 atom stereocenters. The van der Waals surface area contributed by atoms with Gasteiger partial charge in [0.1, 0.15) is 6.61 Å². The predicted molar refractivity (Wildman–Crippen MR) is 59.8 cm³/mol. The Labute approximate surface area is 100 Å². The molecule has 1 aromatic rings. The monoisotopic (exact) mass is 238 g/mol. The summed E-state index contributed by atoms with van der Waals surface area (Å²) in [6.45, 7) is 0.187. The Kier molecular flexibility index (Phi) is 2.85. The van der Waals surface area contributed by atoms with Crippen molar-refractivity contribution in [3.8, 4) is 0 Å². The Balaban J connectivity index is 1.72. The number of aromatic nitrogens is 2. The Morgan fingerprint density at radius 3 is 2.76 bits per heavy atom. The molecule has 2 bridgehead atoms. The summed E-state index contributed by atoms with van der Waals surface area (Å²) in [6, 6.07) is 1.37. The van der Waals surface area contributed by atoms with Crippen molar-refractivity contribution in [2.45, 2.75) is 50.3 Å². The molecule has 0 saturated carbocycles. The maximum absolute atomic E-state index is 5.10. The highest BCUT2D eigenvalue weighted by molar-refractivity contribution is 5.05. The molecule has 2 saturated heterocycles. The fourth-order valence-corrected chi connectivity index (χ4v) is 3.19. The molecule has 2 N–H and O–H groups in total. The van der Waals surface area contributed by atoms with Gasteiger partial charge in [-0.1, -0.05) is 5.16 Å². The number of piperidine rings is 1. The van der Waals surface area contributed by atoms with Crippen LogP contribution in [-0.4, -0.2) is 34.2 Å². The normalized spacial score (nSPS) is 33.2. The fourth-order valence-electron chi connectivity index (χ4n) is 3.19. The first kappa shape index (κ1) is 11.1. The molecule has 0 spiro atoms. The van der Waals surface area contributed by atoms with Gasteiger partial charge in [-0.15, -0.1) is 0 Å². The second kappa shape index (κ2) is 4.36. The molecule has 2 aliphatic heterocycles. The van der Waals surface area contributed by atoms with E-state index in [1.165, 1.54) is 12.8 Å². The van der Waals surface area contributed by atoms with Crippen molar-refractivity contribution >= 4 is 0 Å². The lowest BCUT2D eigenvalue weighted by Gasteiger charge is -2.34. The van der Waals surface area contributed by atoms with Crippen LogP contribution < -0.4 is 5.90 Å². The summed E-state index contributed by atoms with van der Waals surface area (Å²) in [5.74, 6) is 6.70. The average Bonchev–Trinajstić information content (AvgIpc) is 2.83. The summed E-state index contributed by atoms with van der Waals surface area (Å²) < 4.78 is 5.10. The molecule has 2 unspecified atom stereocenters. The molecule has 3 heterocycles. The van der Waals surface area contributed by atoms with Crippen molar-refractivity contribution < 1.29 is 9.36 Å². The lowest BCUT2D eigenvalue weighted by Crippen LogP contribution is -2.39. The van der Waals surface area contributed by atoms with E-state index in [1.54, 1.807) is 0 Å². The highest BCUT2D eigenvalue weighted by atomic mass is 16.6. The Morgan fingerprint density at radius 2 is 2.12 bits per heavy atom. The van der Waals surface area contributed by atoms with Crippen LogP contribution in [0, 0.1) is 0 Å². The van der Waals surface area contributed by atoms with E-state index in [0.29, 0.717) is 23.9 Å². The SMILES string of the molecule is CN1C2CCC1CC(c1noc(CON)n1)C2. The van der Waals surface area contributed by atoms with E-state index in [-0.39, 0.29) is 6.61 Å². The van der Waals surface area contributed by atoms with Crippen LogP contribution in [-0.2, 0) is 11.4 Å². The Morgan fingerprint density at radius 1 is 1.41 bits per heavy atom. The van der Waals surface area contributed by atoms with Gasteiger partial charge in [0.15, 0.2) is 5.82 Å². The number of rotatable bonds is 3. The third kappa shape index (κ3) is 1.96. The first-order chi connectivity index (χ1) is 8.28. The number of fused-ring (bicyclic) bond motifs is 2. The van der Waals surface area contributed by atoms with Crippen LogP contribution in [0.3, 0.4) is 0 Å². The molecule has 3 rings (SSSR count). The second-order valence-electron chi connectivity index (χ2n) is 5.08. The molecule has 0 aromatic carbocycles. The minimum absolute atomic E-state index is 0.187. The minimum atomic E-state index is 0.187. The number of nitrogens with two attached hydrogens (primary N) is 1. The van der Waals surface area contributed by atoms with Gasteiger partial charge in [-0.05, 0) is 32.7 Å². The summed E-state index contributed by atoms with van der Waals surface area (Å²) in [5.41, 5.74) is 0. The van der Waals surface area contributed by atoms with E-state index in [2.05, 4.69) is 26.9 Å². The zero-order chi connectivity index (χ0) is 11.8. The molecule has 1 aromatic heterocycles. The average molecular weight is 238 g/mol. The van der Waals surface area contributed by atoms with Crippen LogP contribution in [0.25, 0.3) is 0 Å². The van der Waals surface area contributed by atoms with E-state index < -0.39 is 0 Å². The summed E-state index contributed by atoms with van der Waals surface area (Å²) in [5, 5.41) is 4.04. The predicted octanol–water partition coefficient (Wildman–Crippen LogP) is 0.800. The molecule has 0 radical (unpaired) electrons.